The highest BCUT2D eigenvalue weighted by atomic mass is 16.4. The van der Waals surface area contributed by atoms with Crippen molar-refractivity contribution in [1.29, 1.82) is 5.26 Å². The van der Waals surface area contributed by atoms with Crippen molar-refractivity contribution in [3.63, 3.8) is 0 Å². The molecule has 17 heavy (non-hydrogen) atoms. The maximum atomic E-state index is 10.9. The first-order valence-corrected chi connectivity index (χ1v) is 5.50. The lowest BCUT2D eigenvalue weighted by Gasteiger charge is -2.12. The van der Waals surface area contributed by atoms with Gasteiger partial charge < -0.3 is 10.4 Å². The summed E-state index contributed by atoms with van der Waals surface area (Å²) in [5.41, 5.74) is 0.505. The van der Waals surface area contributed by atoms with Crippen LogP contribution >= 0.6 is 0 Å². The molecule has 1 aromatic rings. The van der Waals surface area contributed by atoms with Crippen LogP contribution in [0, 0.1) is 17.2 Å². The van der Waals surface area contributed by atoms with Crippen LogP contribution in [0.25, 0.3) is 0 Å². The van der Waals surface area contributed by atoms with Crippen LogP contribution < -0.4 is 5.32 Å². The summed E-state index contributed by atoms with van der Waals surface area (Å²) in [5.74, 6) is -0.699. The van der Waals surface area contributed by atoms with Crippen molar-refractivity contribution >= 4 is 11.8 Å². The number of rotatable bonds is 6. The summed E-state index contributed by atoms with van der Waals surface area (Å²) in [7, 11) is 0. The van der Waals surface area contributed by atoms with E-state index in [1.807, 2.05) is 13.0 Å². The third-order valence-corrected chi connectivity index (χ3v) is 2.40. The summed E-state index contributed by atoms with van der Waals surface area (Å²) in [5, 5.41) is 20.6. The maximum Gasteiger partial charge on any atom is 0.308 e. The number of carboxylic acids is 1. The molecule has 0 fully saturated rings. The van der Waals surface area contributed by atoms with Crippen LogP contribution in [-0.2, 0) is 4.79 Å². The molecule has 0 aliphatic carbocycles. The first kappa shape index (κ1) is 13.0. The summed E-state index contributed by atoms with van der Waals surface area (Å²) >= 11 is 0. The lowest BCUT2D eigenvalue weighted by atomic mass is 10.0. The lowest BCUT2D eigenvalue weighted by Crippen LogP contribution is -2.23. The molecule has 2 N–H and O–H groups in total. The van der Waals surface area contributed by atoms with E-state index in [2.05, 4.69) is 10.3 Å². The van der Waals surface area contributed by atoms with Gasteiger partial charge in [-0.25, -0.2) is 4.98 Å². The van der Waals surface area contributed by atoms with Crippen molar-refractivity contribution in [2.75, 3.05) is 11.9 Å². The molecule has 0 saturated carbocycles. The number of aromatic nitrogens is 1. The van der Waals surface area contributed by atoms with E-state index in [1.165, 1.54) is 6.20 Å². The average molecular weight is 233 g/mol. The molecule has 0 radical (unpaired) electrons. The Morgan fingerprint density at radius 3 is 3.06 bits per heavy atom. The molecule has 0 saturated heterocycles. The van der Waals surface area contributed by atoms with E-state index in [0.717, 1.165) is 6.42 Å². The molecule has 1 heterocycles. The normalized spacial score (nSPS) is 11.5. The van der Waals surface area contributed by atoms with Crippen LogP contribution in [0.5, 0.6) is 0 Å². The number of nitrogens with zero attached hydrogens (tertiary/aromatic N) is 2. The molecule has 0 amide bonds. The van der Waals surface area contributed by atoms with Gasteiger partial charge in [0.1, 0.15) is 5.82 Å². The van der Waals surface area contributed by atoms with Crippen LogP contribution in [-0.4, -0.2) is 22.6 Å². The van der Waals surface area contributed by atoms with E-state index in [1.54, 1.807) is 12.1 Å². The molecule has 1 atom stereocenters. The van der Waals surface area contributed by atoms with Gasteiger partial charge in [0, 0.05) is 12.7 Å². The number of aliphatic carboxylic acids is 1. The number of nitriles is 1. The van der Waals surface area contributed by atoms with Gasteiger partial charge in [-0.15, -0.1) is 0 Å². The Morgan fingerprint density at radius 2 is 2.47 bits per heavy atom. The van der Waals surface area contributed by atoms with Gasteiger partial charge in [-0.3, -0.25) is 4.79 Å². The van der Waals surface area contributed by atoms with Crippen molar-refractivity contribution in [3.8, 4) is 6.07 Å². The number of carboxylic acid groups (broad SMARTS) is 1. The zero-order valence-corrected chi connectivity index (χ0v) is 9.68. The van der Waals surface area contributed by atoms with Crippen LogP contribution in [0.1, 0.15) is 25.3 Å². The summed E-state index contributed by atoms with van der Waals surface area (Å²) in [4.78, 5) is 14.9. The minimum absolute atomic E-state index is 0.324. The largest absolute Gasteiger partial charge is 0.481 e. The predicted octanol–water partition coefficient (Wildman–Crippen LogP) is 1.87. The van der Waals surface area contributed by atoms with E-state index in [-0.39, 0.29) is 0 Å². The lowest BCUT2D eigenvalue weighted by molar-refractivity contribution is -0.141. The second-order valence-corrected chi connectivity index (χ2v) is 3.75. The maximum absolute atomic E-state index is 10.9. The highest BCUT2D eigenvalue weighted by Crippen LogP contribution is 2.10. The highest BCUT2D eigenvalue weighted by Gasteiger charge is 2.15. The Hall–Kier alpha value is -2.09. The van der Waals surface area contributed by atoms with Crippen molar-refractivity contribution in [2.45, 2.75) is 19.8 Å². The second kappa shape index (κ2) is 6.48. The minimum Gasteiger partial charge on any atom is -0.481 e. The SMILES string of the molecule is CCCC(CNc1cc(C#N)ccn1)C(=O)O. The van der Waals surface area contributed by atoms with E-state index in [0.29, 0.717) is 24.3 Å². The van der Waals surface area contributed by atoms with Crippen molar-refractivity contribution in [2.24, 2.45) is 5.92 Å². The van der Waals surface area contributed by atoms with Gasteiger partial charge in [-0.2, -0.15) is 5.26 Å². The summed E-state index contributed by atoms with van der Waals surface area (Å²) in [6.45, 7) is 2.27. The Bertz CT molecular complexity index is 426. The molecule has 5 heteroatoms. The topological polar surface area (TPSA) is 86.0 Å². The van der Waals surface area contributed by atoms with Gasteiger partial charge in [0.05, 0.1) is 17.6 Å². The van der Waals surface area contributed by atoms with E-state index >= 15 is 0 Å². The number of nitrogens with one attached hydrogen (secondary N) is 1. The van der Waals surface area contributed by atoms with Gasteiger partial charge in [0.15, 0.2) is 0 Å². The van der Waals surface area contributed by atoms with Crippen LogP contribution in [0.3, 0.4) is 0 Å². The fraction of sp³-hybridized carbons (Fsp3) is 0.417. The smallest absolute Gasteiger partial charge is 0.308 e. The monoisotopic (exact) mass is 233 g/mol. The zero-order valence-electron chi connectivity index (χ0n) is 9.68. The summed E-state index contributed by atoms with van der Waals surface area (Å²) in [6, 6.07) is 5.21. The Morgan fingerprint density at radius 1 is 1.71 bits per heavy atom. The van der Waals surface area contributed by atoms with Gasteiger partial charge in [0.25, 0.3) is 0 Å². The fourth-order valence-electron chi connectivity index (χ4n) is 1.49. The van der Waals surface area contributed by atoms with Crippen molar-refractivity contribution in [3.05, 3.63) is 23.9 Å². The second-order valence-electron chi connectivity index (χ2n) is 3.75. The number of carbonyl (C=O) groups is 1. The first-order chi connectivity index (χ1) is 8.17. The molecule has 0 aliphatic rings. The minimum atomic E-state index is -0.809. The molecule has 0 spiro atoms. The standard InChI is InChI=1S/C12H15N3O2/c1-2-3-10(12(16)17)8-15-11-6-9(7-13)4-5-14-11/h4-6,10H,2-3,8H2,1H3,(H,14,15)(H,16,17). The number of pyridine rings is 1. The van der Waals surface area contributed by atoms with Crippen LogP contribution in [0.2, 0.25) is 0 Å². The van der Waals surface area contributed by atoms with E-state index < -0.39 is 11.9 Å². The first-order valence-electron chi connectivity index (χ1n) is 5.50. The molecule has 0 aromatic carbocycles. The molecule has 1 rings (SSSR count). The number of anilines is 1. The zero-order chi connectivity index (χ0) is 12.7. The van der Waals surface area contributed by atoms with E-state index in [4.69, 9.17) is 10.4 Å². The molecule has 0 bridgehead atoms. The molecule has 1 unspecified atom stereocenters. The van der Waals surface area contributed by atoms with E-state index in [9.17, 15) is 4.79 Å². The molecule has 90 valence electrons. The predicted molar refractivity (Wildman–Crippen MR) is 63.5 cm³/mol. The van der Waals surface area contributed by atoms with Gasteiger partial charge in [-0.05, 0) is 18.6 Å². The molecule has 5 nitrogen and oxygen atoms in total. The number of hydrogen-bond acceptors (Lipinski definition) is 4. The third kappa shape index (κ3) is 4.11. The molecular formula is C12H15N3O2. The molecule has 0 aliphatic heterocycles. The van der Waals surface area contributed by atoms with Crippen molar-refractivity contribution < 1.29 is 9.90 Å². The van der Waals surface area contributed by atoms with Crippen LogP contribution in [0.4, 0.5) is 5.82 Å². The average Bonchev–Trinajstić information content (AvgIpc) is 2.34. The van der Waals surface area contributed by atoms with Crippen molar-refractivity contribution in [1.82, 2.24) is 4.98 Å². The van der Waals surface area contributed by atoms with Crippen LogP contribution in [0.15, 0.2) is 18.3 Å². The Balaban J connectivity index is 2.59. The summed E-state index contributed by atoms with van der Waals surface area (Å²) < 4.78 is 0. The van der Waals surface area contributed by atoms with Gasteiger partial charge in [0.2, 0.25) is 0 Å². The third-order valence-electron chi connectivity index (χ3n) is 2.40. The quantitative estimate of drug-likeness (QED) is 0.783. The van der Waals surface area contributed by atoms with Gasteiger partial charge in [-0.1, -0.05) is 13.3 Å². The molecule has 1 aromatic heterocycles. The molecular weight excluding hydrogens is 218 g/mol. The number of hydrogen-bond donors (Lipinski definition) is 2. The summed E-state index contributed by atoms with van der Waals surface area (Å²) in [6.07, 6.45) is 2.97. The fourth-order valence-corrected chi connectivity index (χ4v) is 1.49. The highest BCUT2D eigenvalue weighted by molar-refractivity contribution is 5.70. The Kier molecular flexibility index (Phi) is 4.95. The van der Waals surface area contributed by atoms with Gasteiger partial charge >= 0.3 is 5.97 Å². The Labute approximate surface area is 100 Å².